The third-order valence-electron chi connectivity index (χ3n) is 6.33. The van der Waals surface area contributed by atoms with Gasteiger partial charge in [-0.05, 0) is 74.1 Å². The number of hydrogen-bond donors (Lipinski definition) is 2. The first kappa shape index (κ1) is 24.7. The van der Waals surface area contributed by atoms with Gasteiger partial charge < -0.3 is 25.2 Å². The van der Waals surface area contributed by atoms with Gasteiger partial charge in [0, 0.05) is 42.8 Å². The van der Waals surface area contributed by atoms with Crippen molar-refractivity contribution in [2.24, 2.45) is 0 Å². The molecule has 0 radical (unpaired) electrons. The summed E-state index contributed by atoms with van der Waals surface area (Å²) in [6.07, 6.45) is 3.03. The van der Waals surface area contributed by atoms with E-state index in [1.54, 1.807) is 0 Å². The number of nitrogens with one attached hydrogen (secondary N) is 2. The minimum atomic E-state index is -0.287. The van der Waals surface area contributed by atoms with Crippen LogP contribution in [0.3, 0.4) is 0 Å². The second-order valence-corrected chi connectivity index (χ2v) is 9.48. The number of carbonyl (C=O) groups excluding carboxylic acids is 1. The normalized spacial score (nSPS) is 13.8. The predicted octanol–water partition coefficient (Wildman–Crippen LogP) is 4.50. The van der Waals surface area contributed by atoms with Crippen molar-refractivity contribution in [1.29, 1.82) is 0 Å². The Hall–Kier alpha value is -3.95. The molecule has 1 fully saturated rings. The summed E-state index contributed by atoms with van der Waals surface area (Å²) in [6.45, 7) is 5.88. The lowest BCUT2D eigenvalue weighted by Gasteiger charge is -2.28. The molecule has 0 atom stereocenters. The predicted molar refractivity (Wildman–Crippen MR) is 147 cm³/mol. The number of aryl methyl sites for hydroxylation is 1. The number of carbonyl (C=O) groups is 1. The summed E-state index contributed by atoms with van der Waals surface area (Å²) in [7, 11) is 4.11. The van der Waals surface area contributed by atoms with Gasteiger partial charge in [0.25, 0.3) is 0 Å². The van der Waals surface area contributed by atoms with Gasteiger partial charge in [-0.3, -0.25) is 0 Å². The first-order chi connectivity index (χ1) is 18.0. The van der Waals surface area contributed by atoms with Gasteiger partial charge in [0.1, 0.15) is 5.52 Å². The standard InChI is InChI=1S/C28H33N7O2/c1-4-20-5-9-23(10-6-20)29-28(36)30-24-11-7-22(8-12-24)26-31-27(34-13-15-37-16-14-34)25-17-21(18-33(2)3)19-35(25)32-26/h5-12,17,19H,4,13-16,18H2,1-3H3,(H2,29,30,36). The highest BCUT2D eigenvalue weighted by Gasteiger charge is 2.19. The molecule has 4 aromatic rings. The van der Waals surface area contributed by atoms with Gasteiger partial charge in [-0.2, -0.15) is 0 Å². The Labute approximate surface area is 217 Å². The van der Waals surface area contributed by atoms with Crippen molar-refractivity contribution in [3.8, 4) is 11.4 Å². The molecule has 0 saturated carbocycles. The molecule has 2 N–H and O–H groups in total. The topological polar surface area (TPSA) is 87.0 Å². The number of benzene rings is 2. The molecule has 2 aromatic heterocycles. The lowest BCUT2D eigenvalue weighted by atomic mass is 10.1. The van der Waals surface area contributed by atoms with Gasteiger partial charge in [-0.15, -0.1) is 5.10 Å². The van der Waals surface area contributed by atoms with Crippen LogP contribution in [0.2, 0.25) is 0 Å². The fourth-order valence-corrected chi connectivity index (χ4v) is 4.44. The Kier molecular flexibility index (Phi) is 7.34. The SMILES string of the molecule is CCc1ccc(NC(=O)Nc2ccc(-c3nc(N4CCOCC4)c4cc(CN(C)C)cn4n3)cc2)cc1. The van der Waals surface area contributed by atoms with E-state index in [0.717, 1.165) is 48.6 Å². The zero-order valence-electron chi connectivity index (χ0n) is 21.6. The zero-order chi connectivity index (χ0) is 25.8. The maximum absolute atomic E-state index is 12.5. The van der Waals surface area contributed by atoms with Gasteiger partial charge in [0.2, 0.25) is 0 Å². The van der Waals surface area contributed by atoms with E-state index in [9.17, 15) is 4.79 Å². The first-order valence-corrected chi connectivity index (χ1v) is 12.6. The molecule has 2 amide bonds. The molecule has 0 unspecified atom stereocenters. The highest BCUT2D eigenvalue weighted by Crippen LogP contribution is 2.27. The van der Waals surface area contributed by atoms with E-state index in [4.69, 9.17) is 14.8 Å². The molecular formula is C28H33N7O2. The van der Waals surface area contributed by atoms with Gasteiger partial charge >= 0.3 is 6.03 Å². The van der Waals surface area contributed by atoms with Crippen LogP contribution in [-0.2, 0) is 17.7 Å². The van der Waals surface area contributed by atoms with Crippen molar-refractivity contribution >= 4 is 28.7 Å². The van der Waals surface area contributed by atoms with Gasteiger partial charge in [-0.25, -0.2) is 14.3 Å². The smallest absolute Gasteiger partial charge is 0.323 e. The Morgan fingerprint density at radius 1 is 0.973 bits per heavy atom. The van der Waals surface area contributed by atoms with E-state index in [0.29, 0.717) is 24.7 Å². The minimum Gasteiger partial charge on any atom is -0.378 e. The number of urea groups is 1. The molecule has 1 aliphatic heterocycles. The highest BCUT2D eigenvalue weighted by molar-refractivity contribution is 5.99. The molecule has 192 valence electrons. The Balaban J connectivity index is 1.36. The summed E-state index contributed by atoms with van der Waals surface area (Å²) in [5.74, 6) is 1.54. The monoisotopic (exact) mass is 499 g/mol. The van der Waals surface area contributed by atoms with Crippen molar-refractivity contribution < 1.29 is 9.53 Å². The van der Waals surface area contributed by atoms with Crippen molar-refractivity contribution in [3.63, 3.8) is 0 Å². The van der Waals surface area contributed by atoms with Crippen LogP contribution in [0.25, 0.3) is 16.9 Å². The number of amides is 2. The lowest BCUT2D eigenvalue weighted by molar-refractivity contribution is 0.122. The van der Waals surface area contributed by atoms with Gasteiger partial charge in [0.05, 0.1) is 13.2 Å². The van der Waals surface area contributed by atoms with E-state index in [1.807, 2.05) is 53.0 Å². The maximum Gasteiger partial charge on any atom is 0.323 e. The fraction of sp³-hybridized carbons (Fsp3) is 0.321. The van der Waals surface area contributed by atoms with Crippen molar-refractivity contribution in [1.82, 2.24) is 19.5 Å². The maximum atomic E-state index is 12.5. The number of anilines is 3. The summed E-state index contributed by atoms with van der Waals surface area (Å²) in [6, 6.07) is 17.3. The molecule has 1 saturated heterocycles. The zero-order valence-corrected chi connectivity index (χ0v) is 21.6. The number of rotatable bonds is 7. The average Bonchev–Trinajstić information content (AvgIpc) is 3.31. The molecule has 0 aliphatic carbocycles. The second-order valence-electron chi connectivity index (χ2n) is 9.48. The van der Waals surface area contributed by atoms with E-state index >= 15 is 0 Å². The molecule has 9 heteroatoms. The Morgan fingerprint density at radius 2 is 1.62 bits per heavy atom. The molecule has 0 bridgehead atoms. The fourth-order valence-electron chi connectivity index (χ4n) is 4.44. The molecular weight excluding hydrogens is 466 g/mol. The van der Waals surface area contributed by atoms with E-state index in [2.05, 4.69) is 53.7 Å². The van der Waals surface area contributed by atoms with Crippen LogP contribution >= 0.6 is 0 Å². The molecule has 3 heterocycles. The molecule has 1 aliphatic rings. The quantitative estimate of drug-likeness (QED) is 0.389. The van der Waals surface area contributed by atoms with Gasteiger partial charge in [0.15, 0.2) is 11.6 Å². The highest BCUT2D eigenvalue weighted by atomic mass is 16.5. The second kappa shape index (κ2) is 11.0. The number of nitrogens with zero attached hydrogens (tertiary/aromatic N) is 5. The molecule has 0 spiro atoms. The van der Waals surface area contributed by atoms with Crippen LogP contribution in [0.1, 0.15) is 18.1 Å². The Bertz CT molecular complexity index is 1360. The molecule has 5 rings (SSSR count). The third-order valence-corrected chi connectivity index (χ3v) is 6.33. The minimum absolute atomic E-state index is 0.287. The van der Waals surface area contributed by atoms with Crippen molar-refractivity contribution in [2.75, 3.05) is 55.9 Å². The van der Waals surface area contributed by atoms with E-state index < -0.39 is 0 Å². The van der Waals surface area contributed by atoms with Crippen molar-refractivity contribution in [2.45, 2.75) is 19.9 Å². The number of fused-ring (bicyclic) bond motifs is 1. The van der Waals surface area contributed by atoms with Crippen LogP contribution in [0.4, 0.5) is 22.0 Å². The van der Waals surface area contributed by atoms with Crippen LogP contribution in [0.5, 0.6) is 0 Å². The number of aromatic nitrogens is 3. The van der Waals surface area contributed by atoms with E-state index in [1.165, 1.54) is 11.1 Å². The largest absolute Gasteiger partial charge is 0.378 e. The van der Waals surface area contributed by atoms with Crippen molar-refractivity contribution in [3.05, 3.63) is 71.9 Å². The lowest BCUT2D eigenvalue weighted by Crippen LogP contribution is -2.37. The molecule has 2 aromatic carbocycles. The number of hydrogen-bond acceptors (Lipinski definition) is 6. The molecule has 9 nitrogen and oxygen atoms in total. The van der Waals surface area contributed by atoms with Crippen LogP contribution in [-0.4, -0.2) is 65.9 Å². The van der Waals surface area contributed by atoms with E-state index in [-0.39, 0.29) is 6.03 Å². The summed E-state index contributed by atoms with van der Waals surface area (Å²) >= 11 is 0. The summed E-state index contributed by atoms with van der Waals surface area (Å²) in [4.78, 5) is 21.8. The average molecular weight is 500 g/mol. The van der Waals surface area contributed by atoms with Gasteiger partial charge in [-0.1, -0.05) is 19.1 Å². The Morgan fingerprint density at radius 3 is 2.24 bits per heavy atom. The first-order valence-electron chi connectivity index (χ1n) is 12.6. The van der Waals surface area contributed by atoms with Crippen LogP contribution in [0, 0.1) is 0 Å². The van der Waals surface area contributed by atoms with Crippen LogP contribution in [0.15, 0.2) is 60.8 Å². The number of morpholine rings is 1. The summed E-state index contributed by atoms with van der Waals surface area (Å²) in [5, 5.41) is 10.6. The molecule has 37 heavy (non-hydrogen) atoms. The summed E-state index contributed by atoms with van der Waals surface area (Å²) in [5.41, 5.74) is 5.72. The third kappa shape index (κ3) is 5.90. The number of ether oxygens (including phenoxy) is 1. The van der Waals surface area contributed by atoms with Crippen LogP contribution < -0.4 is 15.5 Å². The summed E-state index contributed by atoms with van der Waals surface area (Å²) < 4.78 is 7.49.